The van der Waals surface area contributed by atoms with E-state index in [4.69, 9.17) is 22.2 Å². The lowest BCUT2D eigenvalue weighted by Crippen LogP contribution is -2.37. The molecule has 0 aliphatic carbocycles. The van der Waals surface area contributed by atoms with Crippen LogP contribution < -0.4 is 11.3 Å². The van der Waals surface area contributed by atoms with Crippen LogP contribution in [0.4, 0.5) is 4.39 Å². The monoisotopic (exact) mass is 258 g/mol. The molecule has 0 bridgehead atoms. The van der Waals surface area contributed by atoms with Gasteiger partial charge in [0.2, 0.25) is 0 Å². The molecule has 0 spiro atoms. The predicted molar refractivity (Wildman–Crippen MR) is 65.0 cm³/mol. The fourth-order valence-corrected chi connectivity index (χ4v) is 2.42. The van der Waals surface area contributed by atoms with Crippen LogP contribution >= 0.6 is 11.6 Å². The standard InChI is InChI=1S/C12H16ClFN2O/c13-9-3-4-10(11(14)6-9)12(16-15)8-2-1-5-17-7-8/h3-4,6,8,12,16H,1-2,5,7,15H2. The van der Waals surface area contributed by atoms with Crippen LogP contribution in [0.3, 0.4) is 0 Å². The highest BCUT2D eigenvalue weighted by Gasteiger charge is 2.26. The molecule has 3 N–H and O–H groups in total. The Morgan fingerprint density at radius 3 is 2.94 bits per heavy atom. The summed E-state index contributed by atoms with van der Waals surface area (Å²) in [7, 11) is 0. The second-order valence-corrected chi connectivity index (χ2v) is 4.72. The molecular formula is C12H16ClFN2O. The summed E-state index contributed by atoms with van der Waals surface area (Å²) in [4.78, 5) is 0. The zero-order valence-corrected chi connectivity index (χ0v) is 10.2. The molecule has 0 amide bonds. The maximum Gasteiger partial charge on any atom is 0.129 e. The first-order chi connectivity index (χ1) is 8.22. The van der Waals surface area contributed by atoms with Crippen LogP contribution in [0, 0.1) is 11.7 Å². The molecule has 1 fully saturated rings. The molecular weight excluding hydrogens is 243 g/mol. The molecule has 0 radical (unpaired) electrons. The van der Waals surface area contributed by atoms with Crippen LogP contribution in [0.1, 0.15) is 24.4 Å². The second kappa shape index (κ2) is 5.78. The molecule has 1 aliphatic rings. The van der Waals surface area contributed by atoms with Gasteiger partial charge in [-0.25, -0.2) is 4.39 Å². The summed E-state index contributed by atoms with van der Waals surface area (Å²) in [5.41, 5.74) is 3.23. The molecule has 1 heterocycles. The maximum atomic E-state index is 13.8. The topological polar surface area (TPSA) is 47.3 Å². The Bertz CT molecular complexity index is 383. The first-order valence-corrected chi connectivity index (χ1v) is 6.09. The molecule has 1 saturated heterocycles. The molecule has 0 aromatic heterocycles. The van der Waals surface area contributed by atoms with Crippen molar-refractivity contribution in [1.82, 2.24) is 5.43 Å². The van der Waals surface area contributed by atoms with Gasteiger partial charge in [0, 0.05) is 23.1 Å². The molecule has 2 atom stereocenters. The highest BCUT2D eigenvalue weighted by Crippen LogP contribution is 2.30. The van der Waals surface area contributed by atoms with Gasteiger partial charge in [0.1, 0.15) is 5.82 Å². The van der Waals surface area contributed by atoms with Gasteiger partial charge in [-0.2, -0.15) is 0 Å². The Hall–Kier alpha value is -0.680. The minimum absolute atomic E-state index is 0.199. The lowest BCUT2D eigenvalue weighted by molar-refractivity contribution is 0.0385. The minimum Gasteiger partial charge on any atom is -0.381 e. The van der Waals surface area contributed by atoms with Crippen molar-refractivity contribution in [2.45, 2.75) is 18.9 Å². The Kier molecular flexibility index (Phi) is 4.34. The number of ether oxygens (including phenoxy) is 1. The van der Waals surface area contributed by atoms with Crippen molar-refractivity contribution in [3.8, 4) is 0 Å². The quantitative estimate of drug-likeness (QED) is 0.647. The first kappa shape index (κ1) is 12.8. The van der Waals surface area contributed by atoms with Crippen molar-refractivity contribution < 1.29 is 9.13 Å². The van der Waals surface area contributed by atoms with Crippen LogP contribution in [0.5, 0.6) is 0 Å². The number of nitrogens with one attached hydrogen (secondary N) is 1. The molecule has 0 saturated carbocycles. The van der Waals surface area contributed by atoms with E-state index in [1.807, 2.05) is 0 Å². The molecule has 17 heavy (non-hydrogen) atoms. The van der Waals surface area contributed by atoms with Gasteiger partial charge >= 0.3 is 0 Å². The van der Waals surface area contributed by atoms with E-state index in [1.54, 1.807) is 12.1 Å². The van der Waals surface area contributed by atoms with Gasteiger partial charge in [-0.15, -0.1) is 0 Å². The SMILES string of the molecule is NNC(c1ccc(Cl)cc1F)C1CCCOC1. The third kappa shape index (κ3) is 2.96. The Balaban J connectivity index is 2.21. The number of rotatable bonds is 3. The molecule has 94 valence electrons. The predicted octanol–water partition coefficient (Wildman–Crippen LogP) is 2.41. The third-order valence-corrected chi connectivity index (χ3v) is 3.38. The smallest absolute Gasteiger partial charge is 0.129 e. The van der Waals surface area contributed by atoms with Crippen molar-refractivity contribution in [1.29, 1.82) is 0 Å². The van der Waals surface area contributed by atoms with Crippen LogP contribution in [-0.2, 0) is 4.74 Å². The van der Waals surface area contributed by atoms with Gasteiger partial charge < -0.3 is 4.74 Å². The van der Waals surface area contributed by atoms with Gasteiger partial charge in [0.05, 0.1) is 12.6 Å². The third-order valence-electron chi connectivity index (χ3n) is 3.14. The summed E-state index contributed by atoms with van der Waals surface area (Å²) in [5.74, 6) is 5.41. The van der Waals surface area contributed by atoms with Crippen molar-refractivity contribution in [2.24, 2.45) is 11.8 Å². The molecule has 5 heteroatoms. The average molecular weight is 259 g/mol. The average Bonchev–Trinajstić information content (AvgIpc) is 2.34. The molecule has 1 aromatic carbocycles. The number of hydrogen-bond donors (Lipinski definition) is 2. The largest absolute Gasteiger partial charge is 0.381 e. The van der Waals surface area contributed by atoms with E-state index in [1.165, 1.54) is 6.07 Å². The van der Waals surface area contributed by atoms with Crippen LogP contribution in [-0.4, -0.2) is 13.2 Å². The summed E-state index contributed by atoms with van der Waals surface area (Å²) < 4.78 is 19.2. The first-order valence-electron chi connectivity index (χ1n) is 5.71. The van der Waals surface area contributed by atoms with Gasteiger partial charge in [-0.3, -0.25) is 11.3 Å². The number of benzene rings is 1. The second-order valence-electron chi connectivity index (χ2n) is 4.29. The maximum absolute atomic E-state index is 13.8. The van der Waals surface area contributed by atoms with E-state index in [0.717, 1.165) is 19.4 Å². The number of hydrazine groups is 1. The zero-order chi connectivity index (χ0) is 12.3. The fourth-order valence-electron chi connectivity index (χ4n) is 2.26. The Morgan fingerprint density at radius 2 is 2.35 bits per heavy atom. The molecule has 1 aromatic rings. The van der Waals surface area contributed by atoms with E-state index in [2.05, 4.69) is 5.43 Å². The van der Waals surface area contributed by atoms with Crippen molar-refractivity contribution in [3.63, 3.8) is 0 Å². The number of nitrogens with two attached hydrogens (primary N) is 1. The lowest BCUT2D eigenvalue weighted by atomic mass is 9.89. The van der Waals surface area contributed by atoms with Gasteiger partial charge in [-0.1, -0.05) is 17.7 Å². The van der Waals surface area contributed by atoms with Gasteiger partial charge in [0.25, 0.3) is 0 Å². The van der Waals surface area contributed by atoms with Crippen LogP contribution in [0.2, 0.25) is 5.02 Å². The summed E-state index contributed by atoms with van der Waals surface area (Å²) in [6, 6.07) is 4.43. The van der Waals surface area contributed by atoms with Gasteiger partial charge in [-0.05, 0) is 25.0 Å². The summed E-state index contributed by atoms with van der Waals surface area (Å²) in [6.07, 6.45) is 1.97. The summed E-state index contributed by atoms with van der Waals surface area (Å²) >= 11 is 5.73. The Morgan fingerprint density at radius 1 is 1.53 bits per heavy atom. The highest BCUT2D eigenvalue weighted by atomic mass is 35.5. The molecule has 3 nitrogen and oxygen atoms in total. The van der Waals surface area contributed by atoms with Gasteiger partial charge in [0.15, 0.2) is 0 Å². The minimum atomic E-state index is -0.328. The van der Waals surface area contributed by atoms with E-state index < -0.39 is 0 Å². The van der Waals surface area contributed by atoms with Crippen LogP contribution in [0.25, 0.3) is 0 Å². The van der Waals surface area contributed by atoms with Crippen molar-refractivity contribution >= 4 is 11.6 Å². The van der Waals surface area contributed by atoms with Crippen LogP contribution in [0.15, 0.2) is 18.2 Å². The molecule has 2 unspecified atom stereocenters. The van der Waals surface area contributed by atoms with E-state index in [9.17, 15) is 4.39 Å². The number of halogens is 2. The zero-order valence-electron chi connectivity index (χ0n) is 9.46. The van der Waals surface area contributed by atoms with Crippen molar-refractivity contribution in [2.75, 3.05) is 13.2 Å². The van der Waals surface area contributed by atoms with Crippen molar-refractivity contribution in [3.05, 3.63) is 34.6 Å². The molecule has 1 aliphatic heterocycles. The highest BCUT2D eigenvalue weighted by molar-refractivity contribution is 6.30. The normalized spacial score (nSPS) is 22.4. The van der Waals surface area contributed by atoms with E-state index in [0.29, 0.717) is 17.2 Å². The summed E-state index contributed by atoms with van der Waals surface area (Å²) in [5, 5.41) is 0.391. The summed E-state index contributed by atoms with van der Waals surface area (Å²) in [6.45, 7) is 1.38. The lowest BCUT2D eigenvalue weighted by Gasteiger charge is -2.30. The van der Waals surface area contributed by atoms with E-state index in [-0.39, 0.29) is 17.8 Å². The fraction of sp³-hybridized carbons (Fsp3) is 0.500. The number of hydrogen-bond acceptors (Lipinski definition) is 3. The Labute approximate surface area is 105 Å². The molecule has 2 rings (SSSR count). The van der Waals surface area contributed by atoms with E-state index >= 15 is 0 Å².